The lowest BCUT2D eigenvalue weighted by molar-refractivity contribution is -0.0828. The molecule has 0 unspecified atom stereocenters. The smallest absolute Gasteiger partial charge is 0.161 e. The fraction of sp³-hybridized carbons (Fsp3) is 0.700. The number of hydrogen-bond donors (Lipinski definition) is 2. The molecule has 0 saturated carbocycles. The summed E-state index contributed by atoms with van der Waals surface area (Å²) in [4.78, 5) is 2.32. The minimum absolute atomic E-state index is 0.00605. The number of likely N-dealkylation sites (tertiary alicyclic amines) is 1. The molecule has 2 rings (SSSR count). The van der Waals surface area contributed by atoms with Gasteiger partial charge in [-0.3, -0.25) is 0 Å². The number of aliphatic hydroxyl groups excluding tert-OH is 2. The molecule has 6 nitrogen and oxygen atoms in total. The van der Waals surface area contributed by atoms with Crippen molar-refractivity contribution in [1.29, 1.82) is 0 Å². The van der Waals surface area contributed by atoms with Crippen molar-refractivity contribution in [2.24, 2.45) is 5.41 Å². The van der Waals surface area contributed by atoms with Crippen LogP contribution < -0.4 is 9.47 Å². The molecule has 1 saturated heterocycles. The third kappa shape index (κ3) is 5.58. The number of rotatable bonds is 11. The number of benzene rings is 1. The van der Waals surface area contributed by atoms with E-state index in [0.717, 1.165) is 43.9 Å². The van der Waals surface area contributed by atoms with E-state index in [1.807, 2.05) is 24.3 Å². The molecule has 2 N–H and O–H groups in total. The molecule has 1 aromatic carbocycles. The highest BCUT2D eigenvalue weighted by Crippen LogP contribution is 2.35. The fourth-order valence-electron chi connectivity index (χ4n) is 3.69. The van der Waals surface area contributed by atoms with Gasteiger partial charge >= 0.3 is 0 Å². The van der Waals surface area contributed by atoms with Crippen molar-refractivity contribution in [3.8, 4) is 11.5 Å². The van der Waals surface area contributed by atoms with E-state index < -0.39 is 11.5 Å². The average molecular weight is 367 g/mol. The highest BCUT2D eigenvalue weighted by Gasteiger charge is 2.41. The highest BCUT2D eigenvalue weighted by molar-refractivity contribution is 5.39. The van der Waals surface area contributed by atoms with E-state index in [1.54, 1.807) is 14.2 Å². The maximum atomic E-state index is 10.4. The molecule has 1 fully saturated rings. The van der Waals surface area contributed by atoms with Gasteiger partial charge in [0.2, 0.25) is 0 Å². The summed E-state index contributed by atoms with van der Waals surface area (Å²) in [5, 5.41) is 20.4. The van der Waals surface area contributed by atoms with Crippen LogP contribution in [0.5, 0.6) is 11.5 Å². The van der Waals surface area contributed by atoms with Gasteiger partial charge in [-0.15, -0.1) is 0 Å². The van der Waals surface area contributed by atoms with Gasteiger partial charge in [-0.25, -0.2) is 0 Å². The molecule has 6 heteroatoms. The lowest BCUT2D eigenvalue weighted by atomic mass is 9.74. The largest absolute Gasteiger partial charge is 0.493 e. The lowest BCUT2D eigenvalue weighted by Gasteiger charge is -2.45. The molecule has 2 atom stereocenters. The maximum absolute atomic E-state index is 10.4. The molecule has 1 aromatic rings. The Kier molecular flexibility index (Phi) is 8.65. The molecule has 1 heterocycles. The Morgan fingerprint density at radius 2 is 1.92 bits per heavy atom. The van der Waals surface area contributed by atoms with Gasteiger partial charge in [0.1, 0.15) is 0 Å². The molecule has 148 valence electrons. The van der Waals surface area contributed by atoms with Crippen LogP contribution in [0.2, 0.25) is 0 Å². The van der Waals surface area contributed by atoms with Gasteiger partial charge in [0.05, 0.1) is 26.4 Å². The van der Waals surface area contributed by atoms with E-state index in [9.17, 15) is 10.2 Å². The summed E-state index contributed by atoms with van der Waals surface area (Å²) in [6.45, 7) is 3.71. The zero-order chi connectivity index (χ0) is 18.8. The van der Waals surface area contributed by atoms with Crippen molar-refractivity contribution in [1.82, 2.24) is 4.90 Å². The normalized spacial score (nSPS) is 23.8. The Morgan fingerprint density at radius 1 is 1.15 bits per heavy atom. The highest BCUT2D eigenvalue weighted by atomic mass is 16.5. The van der Waals surface area contributed by atoms with Gasteiger partial charge < -0.3 is 29.3 Å². The monoisotopic (exact) mass is 367 g/mol. The Hall–Kier alpha value is -1.34. The SMILES string of the molecule is COCCC[C@@]1(CO)CN(CCCOc2ccccc2OC)CC[C@H]1O. The minimum atomic E-state index is -0.453. The maximum Gasteiger partial charge on any atom is 0.161 e. The van der Waals surface area contributed by atoms with E-state index >= 15 is 0 Å². The Balaban J connectivity index is 1.80. The summed E-state index contributed by atoms with van der Waals surface area (Å²) in [5.74, 6) is 1.50. The number of piperidine rings is 1. The zero-order valence-electron chi connectivity index (χ0n) is 16.0. The van der Waals surface area contributed by atoms with Crippen LogP contribution in [0, 0.1) is 5.41 Å². The van der Waals surface area contributed by atoms with Crippen LogP contribution in [-0.4, -0.2) is 74.9 Å². The van der Waals surface area contributed by atoms with Crippen LogP contribution in [0.1, 0.15) is 25.7 Å². The molecule has 0 radical (unpaired) electrons. The van der Waals surface area contributed by atoms with Gasteiger partial charge in [-0.1, -0.05) is 12.1 Å². The summed E-state index contributed by atoms with van der Waals surface area (Å²) >= 11 is 0. The average Bonchev–Trinajstić information content (AvgIpc) is 2.68. The standard InChI is InChI=1S/C20H33NO5/c1-24-13-5-10-20(16-22)15-21(12-9-19(20)23)11-6-14-26-18-8-4-3-7-17(18)25-2/h3-4,7-8,19,22-23H,5-6,9-16H2,1-2H3/t19-,20+/m1/s1. The second-order valence-electron chi connectivity index (χ2n) is 7.05. The zero-order valence-corrected chi connectivity index (χ0v) is 16.0. The summed E-state index contributed by atoms with van der Waals surface area (Å²) in [7, 11) is 3.32. The predicted octanol–water partition coefficient (Wildman–Crippen LogP) is 1.94. The summed E-state index contributed by atoms with van der Waals surface area (Å²) in [6, 6.07) is 7.64. The molecular formula is C20H33NO5. The van der Waals surface area contributed by atoms with Crippen LogP contribution in [0.4, 0.5) is 0 Å². The number of nitrogens with zero attached hydrogens (tertiary/aromatic N) is 1. The first kappa shape index (κ1) is 21.0. The van der Waals surface area contributed by atoms with Crippen molar-refractivity contribution < 1.29 is 24.4 Å². The molecule has 0 spiro atoms. The Morgan fingerprint density at radius 3 is 2.62 bits per heavy atom. The molecular weight excluding hydrogens is 334 g/mol. The summed E-state index contributed by atoms with van der Waals surface area (Å²) in [5.41, 5.74) is -0.444. The topological polar surface area (TPSA) is 71.4 Å². The quantitative estimate of drug-likeness (QED) is 0.583. The van der Waals surface area contributed by atoms with Crippen LogP contribution >= 0.6 is 0 Å². The predicted molar refractivity (Wildman–Crippen MR) is 101 cm³/mol. The Bertz CT molecular complexity index is 527. The van der Waals surface area contributed by atoms with Crippen molar-refractivity contribution in [3.05, 3.63) is 24.3 Å². The second kappa shape index (κ2) is 10.7. The number of methoxy groups -OCH3 is 2. The van der Waals surface area contributed by atoms with E-state index in [4.69, 9.17) is 14.2 Å². The number of hydrogen-bond acceptors (Lipinski definition) is 6. The minimum Gasteiger partial charge on any atom is -0.493 e. The first-order valence-corrected chi connectivity index (χ1v) is 9.41. The van der Waals surface area contributed by atoms with E-state index in [-0.39, 0.29) is 6.61 Å². The van der Waals surface area contributed by atoms with Crippen molar-refractivity contribution in [3.63, 3.8) is 0 Å². The second-order valence-corrected chi connectivity index (χ2v) is 7.05. The number of para-hydroxylation sites is 2. The molecule has 1 aliphatic heterocycles. The third-order valence-corrected chi connectivity index (χ3v) is 5.25. The van der Waals surface area contributed by atoms with Gasteiger partial charge in [0.25, 0.3) is 0 Å². The summed E-state index contributed by atoms with van der Waals surface area (Å²) < 4.78 is 16.2. The first-order chi connectivity index (χ1) is 12.6. The van der Waals surface area contributed by atoms with Crippen molar-refractivity contribution in [2.45, 2.75) is 31.8 Å². The summed E-state index contributed by atoms with van der Waals surface area (Å²) in [6.07, 6.45) is 2.74. The molecule has 0 amide bonds. The fourth-order valence-corrected chi connectivity index (χ4v) is 3.69. The van der Waals surface area contributed by atoms with Crippen LogP contribution in [0.15, 0.2) is 24.3 Å². The van der Waals surface area contributed by atoms with Gasteiger partial charge in [-0.2, -0.15) is 0 Å². The van der Waals surface area contributed by atoms with Crippen molar-refractivity contribution in [2.75, 3.05) is 53.7 Å². The van der Waals surface area contributed by atoms with Crippen LogP contribution in [-0.2, 0) is 4.74 Å². The van der Waals surface area contributed by atoms with E-state index in [0.29, 0.717) is 26.2 Å². The van der Waals surface area contributed by atoms with Gasteiger partial charge in [0, 0.05) is 38.8 Å². The molecule has 1 aliphatic rings. The molecule has 0 aliphatic carbocycles. The Labute approximate surface area is 156 Å². The van der Waals surface area contributed by atoms with Crippen LogP contribution in [0.3, 0.4) is 0 Å². The number of ether oxygens (including phenoxy) is 3. The lowest BCUT2D eigenvalue weighted by Crippen LogP contribution is -2.54. The number of aliphatic hydroxyl groups is 2. The van der Waals surface area contributed by atoms with E-state index in [2.05, 4.69) is 4.90 Å². The van der Waals surface area contributed by atoms with Gasteiger partial charge in [0.15, 0.2) is 11.5 Å². The van der Waals surface area contributed by atoms with Crippen molar-refractivity contribution >= 4 is 0 Å². The molecule has 0 aromatic heterocycles. The molecule has 0 bridgehead atoms. The van der Waals surface area contributed by atoms with Crippen LogP contribution in [0.25, 0.3) is 0 Å². The molecule has 26 heavy (non-hydrogen) atoms. The van der Waals surface area contributed by atoms with E-state index in [1.165, 1.54) is 0 Å². The van der Waals surface area contributed by atoms with Gasteiger partial charge in [-0.05, 0) is 37.8 Å². The first-order valence-electron chi connectivity index (χ1n) is 9.41. The third-order valence-electron chi connectivity index (χ3n) is 5.25.